The second-order valence-electron chi connectivity index (χ2n) is 3.80. The first-order chi connectivity index (χ1) is 7.74. The first-order valence-corrected chi connectivity index (χ1v) is 6.77. The topological polar surface area (TPSA) is 33.6 Å². The third-order valence-corrected chi connectivity index (χ3v) is 3.65. The average Bonchev–Trinajstić information content (AvgIpc) is 2.88. The van der Waals surface area contributed by atoms with Crippen LogP contribution in [0.25, 0.3) is 0 Å². The van der Waals surface area contributed by atoms with Crippen molar-refractivity contribution in [1.82, 2.24) is 14.8 Å². The van der Waals surface area contributed by atoms with Crippen LogP contribution in [-0.4, -0.2) is 14.8 Å². The van der Waals surface area contributed by atoms with E-state index >= 15 is 0 Å². The fraction of sp³-hybridized carbons (Fsp3) is 0.455. The van der Waals surface area contributed by atoms with Crippen molar-refractivity contribution < 1.29 is 0 Å². The molecule has 0 aliphatic carbocycles. The minimum atomic E-state index is 0.263. The maximum absolute atomic E-state index is 5.29. The maximum atomic E-state index is 5.29. The SMILES string of the molecule is CCCc1n[nH]c(=S)n1C(C)c1ccsc1. The summed E-state index contributed by atoms with van der Waals surface area (Å²) in [4.78, 5) is 0. The van der Waals surface area contributed by atoms with E-state index in [0.29, 0.717) is 4.77 Å². The van der Waals surface area contributed by atoms with E-state index in [2.05, 4.69) is 45.4 Å². The van der Waals surface area contributed by atoms with Crippen LogP contribution in [0.15, 0.2) is 16.8 Å². The normalized spacial score (nSPS) is 12.9. The van der Waals surface area contributed by atoms with E-state index in [9.17, 15) is 0 Å². The molecule has 0 amide bonds. The largest absolute Gasteiger partial charge is 0.297 e. The highest BCUT2D eigenvalue weighted by atomic mass is 32.1. The molecule has 0 radical (unpaired) electrons. The minimum absolute atomic E-state index is 0.263. The van der Waals surface area contributed by atoms with Gasteiger partial charge in [0, 0.05) is 6.42 Å². The Hall–Kier alpha value is -0.940. The predicted molar refractivity (Wildman–Crippen MR) is 69.5 cm³/mol. The lowest BCUT2D eigenvalue weighted by atomic mass is 10.2. The minimum Gasteiger partial charge on any atom is -0.297 e. The van der Waals surface area contributed by atoms with Crippen molar-refractivity contribution in [3.63, 3.8) is 0 Å². The molecule has 5 heteroatoms. The molecule has 0 aliphatic rings. The van der Waals surface area contributed by atoms with Gasteiger partial charge >= 0.3 is 0 Å². The average molecular weight is 253 g/mol. The third-order valence-electron chi connectivity index (χ3n) is 2.66. The Balaban J connectivity index is 2.39. The van der Waals surface area contributed by atoms with Gasteiger partial charge in [-0.2, -0.15) is 16.4 Å². The monoisotopic (exact) mass is 253 g/mol. The number of aryl methyl sites for hydroxylation is 1. The van der Waals surface area contributed by atoms with Crippen LogP contribution in [-0.2, 0) is 6.42 Å². The summed E-state index contributed by atoms with van der Waals surface area (Å²) in [6.07, 6.45) is 2.04. The molecule has 1 unspecified atom stereocenters. The number of H-pyrrole nitrogens is 1. The summed E-state index contributed by atoms with van der Waals surface area (Å²) in [6.45, 7) is 4.31. The van der Waals surface area contributed by atoms with Gasteiger partial charge in [-0.3, -0.25) is 9.67 Å². The van der Waals surface area contributed by atoms with Crippen LogP contribution >= 0.6 is 23.6 Å². The Kier molecular flexibility index (Phi) is 3.56. The maximum Gasteiger partial charge on any atom is 0.195 e. The number of hydrogen-bond acceptors (Lipinski definition) is 3. The van der Waals surface area contributed by atoms with Crippen LogP contribution in [0.5, 0.6) is 0 Å². The van der Waals surface area contributed by atoms with E-state index in [1.54, 1.807) is 11.3 Å². The summed E-state index contributed by atoms with van der Waals surface area (Å²) in [5.74, 6) is 1.05. The van der Waals surface area contributed by atoms with Crippen molar-refractivity contribution in [2.45, 2.75) is 32.7 Å². The van der Waals surface area contributed by atoms with Crippen LogP contribution in [0, 0.1) is 4.77 Å². The number of aromatic amines is 1. The summed E-state index contributed by atoms with van der Waals surface area (Å²) in [5, 5.41) is 11.4. The summed E-state index contributed by atoms with van der Waals surface area (Å²) in [6, 6.07) is 2.40. The molecule has 0 saturated heterocycles. The molecule has 0 bridgehead atoms. The van der Waals surface area contributed by atoms with Gasteiger partial charge < -0.3 is 0 Å². The van der Waals surface area contributed by atoms with E-state index in [-0.39, 0.29) is 6.04 Å². The second-order valence-corrected chi connectivity index (χ2v) is 4.96. The summed E-state index contributed by atoms with van der Waals surface area (Å²) >= 11 is 7.00. The number of hydrogen-bond donors (Lipinski definition) is 1. The van der Waals surface area contributed by atoms with Crippen molar-refractivity contribution in [2.75, 3.05) is 0 Å². The zero-order chi connectivity index (χ0) is 11.5. The Morgan fingerprint density at radius 3 is 3.06 bits per heavy atom. The quantitative estimate of drug-likeness (QED) is 0.845. The fourth-order valence-corrected chi connectivity index (χ4v) is 2.85. The van der Waals surface area contributed by atoms with Crippen LogP contribution in [0.1, 0.15) is 37.7 Å². The van der Waals surface area contributed by atoms with Gasteiger partial charge in [0.15, 0.2) is 4.77 Å². The van der Waals surface area contributed by atoms with Gasteiger partial charge in [-0.05, 0) is 48.0 Å². The van der Waals surface area contributed by atoms with Gasteiger partial charge in [0.2, 0.25) is 0 Å². The highest BCUT2D eigenvalue weighted by Gasteiger charge is 2.14. The Morgan fingerprint density at radius 2 is 2.44 bits per heavy atom. The van der Waals surface area contributed by atoms with E-state index in [1.165, 1.54) is 5.56 Å². The number of thiophene rings is 1. The van der Waals surface area contributed by atoms with Crippen molar-refractivity contribution in [3.05, 3.63) is 33.0 Å². The summed E-state index contributed by atoms with van der Waals surface area (Å²) in [5.41, 5.74) is 1.29. The second kappa shape index (κ2) is 4.93. The molecule has 16 heavy (non-hydrogen) atoms. The summed E-state index contributed by atoms with van der Waals surface area (Å²) in [7, 11) is 0. The number of nitrogens with one attached hydrogen (secondary N) is 1. The first-order valence-electron chi connectivity index (χ1n) is 5.42. The van der Waals surface area contributed by atoms with E-state index in [0.717, 1.165) is 18.7 Å². The van der Waals surface area contributed by atoms with Crippen LogP contribution in [0.4, 0.5) is 0 Å². The van der Waals surface area contributed by atoms with Gasteiger partial charge in [-0.1, -0.05) is 6.92 Å². The van der Waals surface area contributed by atoms with Gasteiger partial charge in [-0.25, -0.2) is 0 Å². The Bertz CT molecular complexity index is 496. The molecule has 2 aromatic heterocycles. The van der Waals surface area contributed by atoms with Crippen LogP contribution in [0.2, 0.25) is 0 Å². The molecule has 2 heterocycles. The molecule has 0 spiro atoms. The summed E-state index contributed by atoms with van der Waals surface area (Å²) < 4.78 is 2.82. The molecular formula is C11H15N3S2. The zero-order valence-electron chi connectivity index (χ0n) is 9.43. The number of rotatable bonds is 4. The van der Waals surface area contributed by atoms with Gasteiger partial charge in [0.25, 0.3) is 0 Å². The molecule has 1 atom stereocenters. The molecule has 3 nitrogen and oxygen atoms in total. The molecule has 0 fully saturated rings. The van der Waals surface area contributed by atoms with Gasteiger partial charge in [0.05, 0.1) is 6.04 Å². The van der Waals surface area contributed by atoms with Crippen LogP contribution < -0.4 is 0 Å². The van der Waals surface area contributed by atoms with Gasteiger partial charge in [-0.15, -0.1) is 0 Å². The van der Waals surface area contributed by atoms with Crippen molar-refractivity contribution >= 4 is 23.6 Å². The number of aromatic nitrogens is 3. The fourth-order valence-electron chi connectivity index (χ4n) is 1.80. The lowest BCUT2D eigenvalue weighted by Crippen LogP contribution is -2.10. The van der Waals surface area contributed by atoms with Crippen molar-refractivity contribution in [3.8, 4) is 0 Å². The molecule has 1 N–H and O–H groups in total. The van der Waals surface area contributed by atoms with E-state index in [4.69, 9.17) is 12.2 Å². The number of nitrogens with zero attached hydrogens (tertiary/aromatic N) is 2. The van der Waals surface area contributed by atoms with Crippen LogP contribution in [0.3, 0.4) is 0 Å². The standard InChI is InChI=1S/C11H15N3S2/c1-3-4-10-12-13-11(15)14(10)8(2)9-5-6-16-7-9/h5-8H,3-4H2,1-2H3,(H,13,15). The lowest BCUT2D eigenvalue weighted by Gasteiger charge is -2.14. The molecular weight excluding hydrogens is 238 g/mol. The van der Waals surface area contributed by atoms with Crippen molar-refractivity contribution in [2.24, 2.45) is 0 Å². The Morgan fingerprint density at radius 1 is 1.62 bits per heavy atom. The van der Waals surface area contributed by atoms with Crippen molar-refractivity contribution in [1.29, 1.82) is 0 Å². The zero-order valence-corrected chi connectivity index (χ0v) is 11.1. The first kappa shape index (κ1) is 11.5. The molecule has 0 saturated carbocycles. The smallest absolute Gasteiger partial charge is 0.195 e. The molecule has 2 rings (SSSR count). The lowest BCUT2D eigenvalue weighted by molar-refractivity contribution is 0.591. The van der Waals surface area contributed by atoms with E-state index < -0.39 is 0 Å². The Labute approximate surface area is 104 Å². The highest BCUT2D eigenvalue weighted by Crippen LogP contribution is 2.22. The van der Waals surface area contributed by atoms with E-state index in [1.807, 2.05) is 0 Å². The highest BCUT2D eigenvalue weighted by molar-refractivity contribution is 7.71. The predicted octanol–water partition coefficient (Wildman–Crippen LogP) is 3.56. The molecule has 0 aromatic carbocycles. The molecule has 0 aliphatic heterocycles. The molecule has 2 aromatic rings. The van der Waals surface area contributed by atoms with Gasteiger partial charge in [0.1, 0.15) is 5.82 Å². The molecule has 86 valence electrons. The third kappa shape index (κ3) is 2.10.